The number of benzene rings is 5. The monoisotopic (exact) mass is 524 g/mol. The molecule has 3 aliphatic rings. The molecule has 0 heteroatoms. The Morgan fingerprint density at radius 3 is 2.32 bits per heavy atom. The minimum Gasteiger partial charge on any atom is -0.0990 e. The van der Waals surface area contributed by atoms with E-state index in [-0.39, 0.29) is 5.92 Å². The molecule has 0 nitrogen and oxygen atoms in total. The van der Waals surface area contributed by atoms with Crippen molar-refractivity contribution < 1.29 is 0 Å². The van der Waals surface area contributed by atoms with E-state index >= 15 is 0 Å². The zero-order valence-electron chi connectivity index (χ0n) is 23.7. The van der Waals surface area contributed by atoms with Gasteiger partial charge in [0.1, 0.15) is 0 Å². The highest BCUT2D eigenvalue weighted by Crippen LogP contribution is 2.52. The van der Waals surface area contributed by atoms with Crippen LogP contribution >= 0.6 is 0 Å². The highest BCUT2D eigenvalue weighted by molar-refractivity contribution is 6.19. The zero-order valence-corrected chi connectivity index (χ0v) is 23.7. The number of hydrogen-bond donors (Lipinski definition) is 0. The van der Waals surface area contributed by atoms with Crippen LogP contribution in [0.25, 0.3) is 61.9 Å². The Kier molecular flexibility index (Phi) is 5.41. The first-order valence-electron chi connectivity index (χ1n) is 14.8. The molecule has 5 aromatic rings. The Morgan fingerprint density at radius 2 is 1.51 bits per heavy atom. The van der Waals surface area contributed by atoms with Crippen molar-refractivity contribution in [3.8, 4) is 33.4 Å². The molecule has 0 radical (unpaired) electrons. The molecule has 0 N–H and O–H groups in total. The predicted molar refractivity (Wildman–Crippen MR) is 177 cm³/mol. The van der Waals surface area contributed by atoms with Gasteiger partial charge in [-0.1, -0.05) is 129 Å². The lowest BCUT2D eigenvalue weighted by Crippen LogP contribution is -2.07. The largest absolute Gasteiger partial charge is 0.0990 e. The van der Waals surface area contributed by atoms with Gasteiger partial charge in [-0.05, 0) is 108 Å². The Bertz CT molecular complexity index is 2020. The van der Waals surface area contributed by atoms with E-state index in [9.17, 15) is 0 Å². The van der Waals surface area contributed by atoms with Crippen LogP contribution in [0.1, 0.15) is 59.6 Å². The summed E-state index contributed by atoms with van der Waals surface area (Å²) in [6.07, 6.45) is 13.5. The molecular weight excluding hydrogens is 492 g/mol. The van der Waals surface area contributed by atoms with E-state index in [2.05, 4.69) is 130 Å². The van der Waals surface area contributed by atoms with Crippen LogP contribution in [0.15, 0.2) is 115 Å². The van der Waals surface area contributed by atoms with Crippen molar-refractivity contribution >= 4 is 28.5 Å². The Morgan fingerprint density at radius 1 is 0.756 bits per heavy atom. The van der Waals surface area contributed by atoms with Gasteiger partial charge in [0.15, 0.2) is 0 Å². The van der Waals surface area contributed by atoms with Gasteiger partial charge >= 0.3 is 0 Å². The van der Waals surface area contributed by atoms with E-state index in [0.29, 0.717) is 0 Å². The molecule has 1 unspecified atom stereocenters. The molecule has 196 valence electrons. The Hall–Kier alpha value is -4.68. The van der Waals surface area contributed by atoms with Crippen LogP contribution in [-0.4, -0.2) is 0 Å². The number of fused-ring (bicyclic) bond motifs is 8. The Labute approximate surface area is 242 Å². The fraction of sp³-hybridized carbons (Fsp3) is 0.122. The molecule has 8 rings (SSSR count). The third-order valence-electron chi connectivity index (χ3n) is 9.32. The summed E-state index contributed by atoms with van der Waals surface area (Å²) in [5.74, 6) is 0.174. The minimum absolute atomic E-state index is 0.174. The van der Waals surface area contributed by atoms with Crippen LogP contribution in [0.3, 0.4) is 0 Å². The quantitative estimate of drug-likeness (QED) is 0.215. The maximum Gasteiger partial charge on any atom is 0.0281 e. The van der Waals surface area contributed by atoms with Gasteiger partial charge < -0.3 is 0 Å². The van der Waals surface area contributed by atoms with Gasteiger partial charge in [0.2, 0.25) is 0 Å². The van der Waals surface area contributed by atoms with Gasteiger partial charge in [-0.2, -0.15) is 0 Å². The summed E-state index contributed by atoms with van der Waals surface area (Å²) in [6.45, 7) is 8.55. The normalized spacial score (nSPS) is 16.7. The van der Waals surface area contributed by atoms with Crippen LogP contribution in [0, 0.1) is 0 Å². The topological polar surface area (TPSA) is 0 Å². The van der Waals surface area contributed by atoms with E-state index in [0.717, 1.165) is 12.8 Å². The smallest absolute Gasteiger partial charge is 0.0281 e. The molecule has 0 heterocycles. The van der Waals surface area contributed by atoms with Crippen molar-refractivity contribution in [3.63, 3.8) is 0 Å². The van der Waals surface area contributed by atoms with Gasteiger partial charge in [-0.25, -0.2) is 0 Å². The lowest BCUT2D eigenvalue weighted by molar-refractivity contribution is 0.883. The average molecular weight is 525 g/mol. The van der Waals surface area contributed by atoms with Crippen LogP contribution in [0.4, 0.5) is 0 Å². The maximum absolute atomic E-state index is 4.03. The predicted octanol–water partition coefficient (Wildman–Crippen LogP) is 11.3. The third-order valence-corrected chi connectivity index (χ3v) is 9.32. The zero-order chi connectivity index (χ0) is 27.7. The van der Waals surface area contributed by atoms with Crippen molar-refractivity contribution in [2.45, 2.75) is 32.6 Å². The van der Waals surface area contributed by atoms with Gasteiger partial charge in [0.05, 0.1) is 0 Å². The first-order chi connectivity index (χ1) is 20.2. The summed E-state index contributed by atoms with van der Waals surface area (Å²) in [5, 5.41) is 2.73. The number of hydrogen-bond acceptors (Lipinski definition) is 0. The molecule has 3 aliphatic carbocycles. The van der Waals surface area contributed by atoms with Crippen molar-refractivity contribution in [3.05, 3.63) is 149 Å². The van der Waals surface area contributed by atoms with E-state index in [1.807, 2.05) is 6.08 Å². The fourth-order valence-electron chi connectivity index (χ4n) is 7.65. The molecule has 0 bridgehead atoms. The van der Waals surface area contributed by atoms with Crippen LogP contribution < -0.4 is 0 Å². The minimum atomic E-state index is 0.174. The fourth-order valence-corrected chi connectivity index (χ4v) is 7.65. The van der Waals surface area contributed by atoms with Crippen LogP contribution in [0.2, 0.25) is 0 Å². The second-order valence-corrected chi connectivity index (χ2v) is 11.6. The van der Waals surface area contributed by atoms with Crippen molar-refractivity contribution in [2.24, 2.45) is 0 Å². The molecule has 0 amide bonds. The summed E-state index contributed by atoms with van der Waals surface area (Å²) >= 11 is 0. The van der Waals surface area contributed by atoms with Gasteiger partial charge in [0.25, 0.3) is 0 Å². The summed E-state index contributed by atoms with van der Waals surface area (Å²) in [5.41, 5.74) is 19.1. The molecule has 0 aromatic heterocycles. The molecular formula is C41H32. The Balaban J connectivity index is 1.39. The van der Waals surface area contributed by atoms with Crippen molar-refractivity contribution in [1.82, 2.24) is 0 Å². The molecule has 41 heavy (non-hydrogen) atoms. The standard InChI is InChI=1S/C41H32/c1-4-11-27-25(3)23-26-19-20-33(35(12-5-2)40(26)27)32-21-22-34-37-18-10-17-36-29-14-7-9-16-31(29)39(41(36)37)24-38(34)30-15-8-6-13-28(30)32/h4,6-11,13-24,32H,1,5,12H2,2-3H3/b27-11-. The average Bonchev–Trinajstić information content (AvgIpc) is 3.43. The molecule has 1 atom stereocenters. The van der Waals surface area contributed by atoms with Gasteiger partial charge in [-0.3, -0.25) is 0 Å². The summed E-state index contributed by atoms with van der Waals surface area (Å²) < 4.78 is 0. The third kappa shape index (κ3) is 3.40. The van der Waals surface area contributed by atoms with E-state index < -0.39 is 0 Å². The highest BCUT2D eigenvalue weighted by Gasteiger charge is 2.29. The van der Waals surface area contributed by atoms with Crippen molar-refractivity contribution in [2.75, 3.05) is 0 Å². The van der Waals surface area contributed by atoms with E-state index in [1.165, 1.54) is 88.7 Å². The lowest BCUT2D eigenvalue weighted by Gasteiger charge is -2.23. The summed E-state index contributed by atoms with van der Waals surface area (Å²) in [7, 11) is 0. The first-order valence-corrected chi connectivity index (χ1v) is 14.8. The number of allylic oxidation sites excluding steroid dienone is 5. The van der Waals surface area contributed by atoms with E-state index in [4.69, 9.17) is 0 Å². The van der Waals surface area contributed by atoms with Gasteiger partial charge in [0, 0.05) is 5.92 Å². The summed E-state index contributed by atoms with van der Waals surface area (Å²) in [4.78, 5) is 0. The van der Waals surface area contributed by atoms with Crippen LogP contribution in [0.5, 0.6) is 0 Å². The van der Waals surface area contributed by atoms with Gasteiger partial charge in [-0.15, -0.1) is 0 Å². The maximum atomic E-state index is 4.03. The molecule has 0 fully saturated rings. The second-order valence-electron chi connectivity index (χ2n) is 11.6. The molecule has 0 spiro atoms. The molecule has 0 saturated carbocycles. The SMILES string of the molecule is C=C/C=C1/C(C)=Cc2ccc(C3C=Cc4c(cc5c6c(cccc46)-c4ccccc4-5)-c4ccccc43)c(CCC)c21. The summed E-state index contributed by atoms with van der Waals surface area (Å²) in [6, 6.07) is 32.0. The molecule has 5 aromatic carbocycles. The lowest BCUT2D eigenvalue weighted by atomic mass is 9.80. The second kappa shape index (κ2) is 9.18. The molecule has 0 aliphatic heterocycles. The molecule has 0 saturated heterocycles. The van der Waals surface area contributed by atoms with Crippen molar-refractivity contribution in [1.29, 1.82) is 0 Å². The van der Waals surface area contributed by atoms with Crippen LogP contribution in [-0.2, 0) is 6.42 Å². The van der Waals surface area contributed by atoms with E-state index in [1.54, 1.807) is 0 Å². The first kappa shape index (κ1) is 24.1. The number of rotatable bonds is 4. The highest BCUT2D eigenvalue weighted by atomic mass is 14.3.